The molecule has 0 spiro atoms. The number of benzene rings is 2. The first-order valence-electron chi connectivity index (χ1n) is 7.59. The Bertz CT molecular complexity index is 1150. The number of hydrogen-bond acceptors (Lipinski definition) is 5. The molecule has 4 rings (SSSR count). The molecule has 0 bridgehead atoms. The molecule has 2 aromatic heterocycles. The number of fused-ring (bicyclic) bond motifs is 1. The van der Waals surface area contributed by atoms with Crippen molar-refractivity contribution in [3.05, 3.63) is 81.7 Å². The Balaban J connectivity index is 1.62. The number of hydrogen-bond donors (Lipinski definition) is 1. The zero-order valence-corrected chi connectivity index (χ0v) is 13.8. The van der Waals surface area contributed by atoms with Gasteiger partial charge in [-0.2, -0.15) is 5.10 Å². The highest BCUT2D eigenvalue weighted by Crippen LogP contribution is 2.20. The minimum atomic E-state index is -0.394. The SMILES string of the molecule is O=c1ccc2ccc(OCc3n[nH]c(=S)n3-c3ccccc3)cc2o1. The second-order valence-electron chi connectivity index (χ2n) is 5.36. The van der Waals surface area contributed by atoms with E-state index in [4.69, 9.17) is 21.4 Å². The molecule has 2 heterocycles. The molecule has 1 N–H and O–H groups in total. The van der Waals surface area contributed by atoms with Gasteiger partial charge >= 0.3 is 5.63 Å². The second-order valence-corrected chi connectivity index (χ2v) is 5.75. The fraction of sp³-hybridized carbons (Fsp3) is 0.0556. The molecule has 6 nitrogen and oxygen atoms in total. The molecule has 0 aliphatic carbocycles. The van der Waals surface area contributed by atoms with Gasteiger partial charge in [-0.05, 0) is 42.5 Å². The van der Waals surface area contributed by atoms with Crippen LogP contribution in [0.5, 0.6) is 5.75 Å². The molecule has 0 saturated carbocycles. The molecule has 7 heteroatoms. The fourth-order valence-electron chi connectivity index (χ4n) is 2.55. The highest BCUT2D eigenvalue weighted by molar-refractivity contribution is 7.71. The highest BCUT2D eigenvalue weighted by Gasteiger charge is 2.09. The van der Waals surface area contributed by atoms with Gasteiger partial charge in [0.15, 0.2) is 10.6 Å². The number of rotatable bonds is 4. The third-order valence-electron chi connectivity index (χ3n) is 3.72. The average molecular weight is 351 g/mol. The van der Waals surface area contributed by atoms with Crippen LogP contribution in [0.15, 0.2) is 69.9 Å². The summed E-state index contributed by atoms with van der Waals surface area (Å²) in [5.41, 5.74) is 0.992. The Morgan fingerprint density at radius 3 is 2.76 bits per heavy atom. The summed E-state index contributed by atoms with van der Waals surface area (Å²) in [6.45, 7) is 0.213. The predicted molar refractivity (Wildman–Crippen MR) is 95.6 cm³/mol. The van der Waals surface area contributed by atoms with E-state index >= 15 is 0 Å². The summed E-state index contributed by atoms with van der Waals surface area (Å²) in [4.78, 5) is 11.3. The van der Waals surface area contributed by atoms with E-state index in [0.29, 0.717) is 21.9 Å². The predicted octanol–water partition coefficient (Wildman–Crippen LogP) is 3.62. The van der Waals surface area contributed by atoms with Crippen LogP contribution in [-0.4, -0.2) is 14.8 Å². The van der Waals surface area contributed by atoms with E-state index < -0.39 is 5.63 Å². The smallest absolute Gasteiger partial charge is 0.336 e. The van der Waals surface area contributed by atoms with Crippen molar-refractivity contribution in [3.63, 3.8) is 0 Å². The number of para-hydroxylation sites is 1. The molecule has 2 aromatic carbocycles. The lowest BCUT2D eigenvalue weighted by atomic mass is 10.2. The van der Waals surface area contributed by atoms with Crippen molar-refractivity contribution in [1.29, 1.82) is 0 Å². The Morgan fingerprint density at radius 2 is 1.92 bits per heavy atom. The topological polar surface area (TPSA) is 73.0 Å². The van der Waals surface area contributed by atoms with Gasteiger partial charge in [0.05, 0.1) is 0 Å². The largest absolute Gasteiger partial charge is 0.485 e. The molecule has 0 aliphatic heterocycles. The fourth-order valence-corrected chi connectivity index (χ4v) is 2.80. The Morgan fingerprint density at radius 1 is 1.12 bits per heavy atom. The number of nitrogens with zero attached hydrogens (tertiary/aromatic N) is 2. The van der Waals surface area contributed by atoms with E-state index in [0.717, 1.165) is 11.1 Å². The van der Waals surface area contributed by atoms with Crippen LogP contribution < -0.4 is 10.4 Å². The Labute approximate surface area is 147 Å². The van der Waals surface area contributed by atoms with Crippen molar-refractivity contribution in [2.75, 3.05) is 0 Å². The van der Waals surface area contributed by atoms with Crippen LogP contribution in [0, 0.1) is 4.77 Å². The van der Waals surface area contributed by atoms with Crippen molar-refractivity contribution >= 4 is 23.2 Å². The van der Waals surface area contributed by atoms with E-state index in [2.05, 4.69) is 10.2 Å². The first-order chi connectivity index (χ1) is 12.2. The third kappa shape index (κ3) is 3.09. The quantitative estimate of drug-likeness (QED) is 0.449. The Hall–Kier alpha value is -3.19. The molecule has 124 valence electrons. The van der Waals surface area contributed by atoms with Crippen LogP contribution in [0.25, 0.3) is 16.7 Å². The van der Waals surface area contributed by atoms with Gasteiger partial charge in [0.25, 0.3) is 0 Å². The molecule has 0 fully saturated rings. The van der Waals surface area contributed by atoms with Crippen LogP contribution in [0.4, 0.5) is 0 Å². The summed E-state index contributed by atoms with van der Waals surface area (Å²) in [6, 6.07) is 18.1. The van der Waals surface area contributed by atoms with Crippen LogP contribution in [-0.2, 0) is 6.61 Å². The zero-order valence-electron chi connectivity index (χ0n) is 13.0. The minimum absolute atomic E-state index is 0.213. The van der Waals surface area contributed by atoms with Crippen LogP contribution >= 0.6 is 12.2 Å². The maximum atomic E-state index is 11.3. The molecule has 0 saturated heterocycles. The summed E-state index contributed by atoms with van der Waals surface area (Å²) >= 11 is 5.30. The summed E-state index contributed by atoms with van der Waals surface area (Å²) < 4.78 is 13.3. The maximum absolute atomic E-state index is 11.3. The van der Waals surface area contributed by atoms with Crippen molar-refractivity contribution in [2.24, 2.45) is 0 Å². The molecule has 0 atom stereocenters. The second kappa shape index (κ2) is 6.37. The molecular weight excluding hydrogens is 338 g/mol. The van der Waals surface area contributed by atoms with Gasteiger partial charge in [0.1, 0.15) is 17.9 Å². The number of aromatic amines is 1. The van der Waals surface area contributed by atoms with Crippen molar-refractivity contribution in [1.82, 2.24) is 14.8 Å². The van der Waals surface area contributed by atoms with Gasteiger partial charge in [-0.25, -0.2) is 4.79 Å². The monoisotopic (exact) mass is 351 g/mol. The zero-order chi connectivity index (χ0) is 17.2. The summed E-state index contributed by atoms with van der Waals surface area (Å²) in [6.07, 6.45) is 0. The van der Waals surface area contributed by atoms with Gasteiger partial charge in [-0.3, -0.25) is 9.67 Å². The summed E-state index contributed by atoms with van der Waals surface area (Å²) in [5.74, 6) is 1.22. The van der Waals surface area contributed by atoms with Crippen LogP contribution in [0.2, 0.25) is 0 Å². The molecule has 0 radical (unpaired) electrons. The molecule has 0 amide bonds. The molecule has 4 aromatic rings. The average Bonchev–Trinajstić information content (AvgIpc) is 3.01. The lowest BCUT2D eigenvalue weighted by molar-refractivity contribution is 0.293. The molecule has 0 unspecified atom stereocenters. The number of H-pyrrole nitrogens is 1. The van der Waals surface area contributed by atoms with E-state index in [1.807, 2.05) is 47.0 Å². The van der Waals surface area contributed by atoms with Gasteiger partial charge in [-0.1, -0.05) is 18.2 Å². The molecule has 25 heavy (non-hydrogen) atoms. The standard InChI is InChI=1S/C18H13N3O3S/c22-17-9-7-12-6-8-14(10-15(12)24-17)23-11-16-19-20-18(25)21(16)13-4-2-1-3-5-13/h1-10H,11H2,(H,20,25). The normalized spacial score (nSPS) is 10.9. The minimum Gasteiger partial charge on any atom is -0.485 e. The summed E-state index contributed by atoms with van der Waals surface area (Å²) in [5, 5.41) is 7.85. The van der Waals surface area contributed by atoms with Crippen molar-refractivity contribution in [3.8, 4) is 11.4 Å². The third-order valence-corrected chi connectivity index (χ3v) is 3.99. The van der Waals surface area contributed by atoms with Gasteiger partial charge in [-0.15, -0.1) is 0 Å². The van der Waals surface area contributed by atoms with Gasteiger partial charge in [0.2, 0.25) is 0 Å². The molecule has 0 aliphatic rings. The highest BCUT2D eigenvalue weighted by atomic mass is 32.1. The number of nitrogens with one attached hydrogen (secondary N) is 1. The van der Waals surface area contributed by atoms with Crippen molar-refractivity contribution in [2.45, 2.75) is 6.61 Å². The lowest BCUT2D eigenvalue weighted by Gasteiger charge is -2.09. The number of ether oxygens (including phenoxy) is 1. The van der Waals surface area contributed by atoms with E-state index in [1.165, 1.54) is 6.07 Å². The van der Waals surface area contributed by atoms with Gasteiger partial charge < -0.3 is 9.15 Å². The number of aromatic nitrogens is 3. The maximum Gasteiger partial charge on any atom is 0.336 e. The van der Waals surface area contributed by atoms with Crippen molar-refractivity contribution < 1.29 is 9.15 Å². The first kappa shape index (κ1) is 15.3. The van der Waals surface area contributed by atoms with Crippen LogP contribution in [0.1, 0.15) is 5.82 Å². The summed E-state index contributed by atoms with van der Waals surface area (Å²) in [7, 11) is 0. The van der Waals surface area contributed by atoms with E-state index in [1.54, 1.807) is 12.1 Å². The van der Waals surface area contributed by atoms with E-state index in [9.17, 15) is 4.79 Å². The van der Waals surface area contributed by atoms with Gasteiger partial charge in [0, 0.05) is 23.2 Å². The first-order valence-corrected chi connectivity index (χ1v) is 8.00. The lowest BCUT2D eigenvalue weighted by Crippen LogP contribution is -2.05. The van der Waals surface area contributed by atoms with Crippen LogP contribution in [0.3, 0.4) is 0 Å². The Kier molecular flexibility index (Phi) is 3.91. The molecular formula is C18H13N3O3S. The van der Waals surface area contributed by atoms with E-state index in [-0.39, 0.29) is 6.61 Å².